The van der Waals surface area contributed by atoms with Gasteiger partial charge in [0.15, 0.2) is 0 Å². The zero-order chi connectivity index (χ0) is 17.7. The second-order valence-electron chi connectivity index (χ2n) is 5.06. The molecule has 0 saturated carbocycles. The first-order valence-electron chi connectivity index (χ1n) is 6.95. The number of nitriles is 1. The summed E-state index contributed by atoms with van der Waals surface area (Å²) in [4.78, 5) is 23.9. The van der Waals surface area contributed by atoms with Crippen molar-refractivity contribution < 1.29 is 9.59 Å². The monoisotopic (exact) mass is 361 g/mol. The lowest BCUT2D eigenvalue weighted by molar-refractivity contribution is -0.119. The maximum absolute atomic E-state index is 12.2. The van der Waals surface area contributed by atoms with Gasteiger partial charge in [0.1, 0.15) is 6.04 Å². The minimum atomic E-state index is -0.924. The molecule has 122 valence electrons. The molecule has 3 N–H and O–H groups in total. The van der Waals surface area contributed by atoms with Crippen molar-refractivity contribution in [2.24, 2.45) is 5.73 Å². The van der Waals surface area contributed by atoms with Gasteiger partial charge in [-0.2, -0.15) is 5.26 Å². The van der Waals surface area contributed by atoms with Crippen LogP contribution in [0.3, 0.4) is 0 Å². The van der Waals surface area contributed by atoms with Gasteiger partial charge >= 0.3 is 0 Å². The molecule has 0 aromatic heterocycles. The fraction of sp³-hybridized carbons (Fsp3) is 0.118. The molecule has 2 aromatic carbocycles. The van der Waals surface area contributed by atoms with E-state index in [-0.39, 0.29) is 6.42 Å². The van der Waals surface area contributed by atoms with Crippen molar-refractivity contribution in [2.75, 3.05) is 0 Å². The Morgan fingerprint density at radius 2 is 1.83 bits per heavy atom. The number of amides is 2. The number of rotatable bonds is 5. The number of hydrogen-bond acceptors (Lipinski definition) is 3. The lowest BCUT2D eigenvalue weighted by Gasteiger charge is -2.16. The van der Waals surface area contributed by atoms with E-state index in [2.05, 4.69) is 5.32 Å². The first-order chi connectivity index (χ1) is 11.4. The van der Waals surface area contributed by atoms with E-state index in [9.17, 15) is 9.59 Å². The van der Waals surface area contributed by atoms with Gasteiger partial charge in [-0.25, -0.2) is 0 Å². The average Bonchev–Trinajstić information content (AvgIpc) is 2.56. The summed E-state index contributed by atoms with van der Waals surface area (Å²) in [6, 6.07) is 12.0. The smallest absolute Gasteiger partial charge is 0.251 e. The second-order valence-corrected chi connectivity index (χ2v) is 5.90. The molecule has 0 spiro atoms. The number of benzene rings is 2. The number of hydrogen-bond donors (Lipinski definition) is 2. The predicted octanol–water partition coefficient (Wildman–Crippen LogP) is 2.69. The molecule has 7 heteroatoms. The van der Waals surface area contributed by atoms with Crippen molar-refractivity contribution >= 4 is 35.0 Å². The predicted molar refractivity (Wildman–Crippen MR) is 91.8 cm³/mol. The summed E-state index contributed by atoms with van der Waals surface area (Å²) < 4.78 is 0. The van der Waals surface area contributed by atoms with Crippen LogP contribution in [0.5, 0.6) is 0 Å². The molecule has 0 aliphatic heterocycles. The van der Waals surface area contributed by atoms with E-state index in [1.165, 1.54) is 24.3 Å². The highest BCUT2D eigenvalue weighted by Gasteiger charge is 2.20. The molecule has 0 aliphatic rings. The van der Waals surface area contributed by atoms with Gasteiger partial charge in [0, 0.05) is 22.0 Å². The van der Waals surface area contributed by atoms with Crippen LogP contribution in [0.2, 0.25) is 10.0 Å². The molecule has 0 saturated heterocycles. The summed E-state index contributed by atoms with van der Waals surface area (Å²) in [7, 11) is 0. The van der Waals surface area contributed by atoms with Gasteiger partial charge < -0.3 is 11.1 Å². The maximum atomic E-state index is 12.2. The second kappa shape index (κ2) is 7.82. The van der Waals surface area contributed by atoms with Crippen molar-refractivity contribution in [3.8, 4) is 6.07 Å². The average molecular weight is 362 g/mol. The molecule has 1 atom stereocenters. The Kier molecular flexibility index (Phi) is 5.80. The Balaban J connectivity index is 2.14. The Bertz CT molecular complexity index is 814. The quantitative estimate of drug-likeness (QED) is 0.856. The number of carbonyl (C=O) groups is 2. The summed E-state index contributed by atoms with van der Waals surface area (Å²) in [5.74, 6) is -1.14. The van der Waals surface area contributed by atoms with E-state index in [1.807, 2.05) is 6.07 Å². The molecule has 0 unspecified atom stereocenters. The summed E-state index contributed by atoms with van der Waals surface area (Å²) in [5.41, 5.74) is 6.77. The molecule has 2 aromatic rings. The molecule has 2 amide bonds. The van der Waals surface area contributed by atoms with E-state index < -0.39 is 17.9 Å². The molecule has 0 bridgehead atoms. The minimum absolute atomic E-state index is 0.146. The van der Waals surface area contributed by atoms with Gasteiger partial charge in [-0.05, 0) is 42.0 Å². The molecule has 0 aliphatic carbocycles. The number of halogens is 2. The van der Waals surface area contributed by atoms with Crippen LogP contribution >= 0.6 is 23.2 Å². The Hall–Kier alpha value is -2.55. The minimum Gasteiger partial charge on any atom is -0.368 e. The maximum Gasteiger partial charge on any atom is 0.251 e. The number of primary amides is 1. The van der Waals surface area contributed by atoms with Gasteiger partial charge in [0.25, 0.3) is 5.91 Å². The summed E-state index contributed by atoms with van der Waals surface area (Å²) in [5, 5.41) is 12.2. The number of nitrogens with one attached hydrogen (secondary N) is 1. The third-order valence-electron chi connectivity index (χ3n) is 3.36. The number of nitrogens with zero attached hydrogens (tertiary/aromatic N) is 1. The SMILES string of the molecule is N#Cc1ccc(C(=O)N[C@H](Cc2ccc(Cl)cc2Cl)C(N)=O)cc1. The molecule has 0 fully saturated rings. The first kappa shape index (κ1) is 17.8. The fourth-order valence-corrected chi connectivity index (χ4v) is 2.55. The number of nitrogens with two attached hydrogens (primary N) is 1. The standard InChI is InChI=1S/C17H13Cl2N3O2/c18-13-6-5-12(14(19)8-13)7-15(16(21)23)22-17(24)11-3-1-10(9-20)2-4-11/h1-6,8,15H,7H2,(H2,21,23)(H,22,24)/t15-/m1/s1. The molecule has 0 heterocycles. The highest BCUT2D eigenvalue weighted by Crippen LogP contribution is 2.22. The van der Waals surface area contributed by atoms with Crippen LogP contribution in [-0.4, -0.2) is 17.9 Å². The molecular formula is C17H13Cl2N3O2. The van der Waals surface area contributed by atoms with Crippen molar-refractivity contribution in [3.05, 3.63) is 69.2 Å². The highest BCUT2D eigenvalue weighted by molar-refractivity contribution is 6.35. The molecule has 0 radical (unpaired) electrons. The van der Waals surface area contributed by atoms with Gasteiger partial charge in [-0.1, -0.05) is 29.3 Å². The van der Waals surface area contributed by atoms with Gasteiger partial charge in [-0.15, -0.1) is 0 Å². The molecule has 5 nitrogen and oxygen atoms in total. The Labute approximate surface area is 149 Å². The lowest BCUT2D eigenvalue weighted by Crippen LogP contribution is -2.45. The van der Waals surface area contributed by atoms with Crippen LogP contribution in [0.15, 0.2) is 42.5 Å². The third kappa shape index (κ3) is 4.48. The van der Waals surface area contributed by atoms with Crippen LogP contribution in [-0.2, 0) is 11.2 Å². The zero-order valence-electron chi connectivity index (χ0n) is 12.4. The zero-order valence-corrected chi connectivity index (χ0v) is 13.9. The van der Waals surface area contributed by atoms with E-state index in [0.29, 0.717) is 26.7 Å². The van der Waals surface area contributed by atoms with Gasteiger partial charge in [-0.3, -0.25) is 9.59 Å². The number of carbonyl (C=O) groups excluding carboxylic acids is 2. The first-order valence-corrected chi connectivity index (χ1v) is 7.70. The summed E-state index contributed by atoms with van der Waals surface area (Å²) >= 11 is 11.9. The van der Waals surface area contributed by atoms with Crippen molar-refractivity contribution in [1.82, 2.24) is 5.32 Å². The van der Waals surface area contributed by atoms with Gasteiger partial charge in [0.2, 0.25) is 5.91 Å². The van der Waals surface area contributed by atoms with E-state index in [4.69, 9.17) is 34.2 Å². The van der Waals surface area contributed by atoms with E-state index in [1.54, 1.807) is 18.2 Å². The van der Waals surface area contributed by atoms with Crippen LogP contribution in [0.25, 0.3) is 0 Å². The Morgan fingerprint density at radius 1 is 1.17 bits per heavy atom. The van der Waals surface area contributed by atoms with Crippen LogP contribution in [0.4, 0.5) is 0 Å². The lowest BCUT2D eigenvalue weighted by atomic mass is 10.0. The Morgan fingerprint density at radius 3 is 2.38 bits per heavy atom. The molecule has 2 rings (SSSR count). The largest absolute Gasteiger partial charge is 0.368 e. The van der Waals surface area contributed by atoms with Crippen LogP contribution in [0, 0.1) is 11.3 Å². The van der Waals surface area contributed by atoms with Crippen LogP contribution in [0.1, 0.15) is 21.5 Å². The topological polar surface area (TPSA) is 96.0 Å². The third-order valence-corrected chi connectivity index (χ3v) is 3.95. The van der Waals surface area contributed by atoms with Gasteiger partial charge in [0.05, 0.1) is 11.6 Å². The van der Waals surface area contributed by atoms with E-state index in [0.717, 1.165) is 0 Å². The van der Waals surface area contributed by atoms with Crippen molar-refractivity contribution in [1.29, 1.82) is 5.26 Å². The van der Waals surface area contributed by atoms with Crippen LogP contribution < -0.4 is 11.1 Å². The van der Waals surface area contributed by atoms with E-state index >= 15 is 0 Å². The van der Waals surface area contributed by atoms with Crippen molar-refractivity contribution in [3.63, 3.8) is 0 Å². The summed E-state index contributed by atoms with van der Waals surface area (Å²) in [6.07, 6.45) is 0.146. The normalized spacial score (nSPS) is 11.4. The summed E-state index contributed by atoms with van der Waals surface area (Å²) in [6.45, 7) is 0. The fourth-order valence-electron chi connectivity index (χ4n) is 2.07. The molecule has 24 heavy (non-hydrogen) atoms. The van der Waals surface area contributed by atoms with Crippen molar-refractivity contribution in [2.45, 2.75) is 12.5 Å². The highest BCUT2D eigenvalue weighted by atomic mass is 35.5. The molecular weight excluding hydrogens is 349 g/mol.